The average Bonchev–Trinajstić information content (AvgIpc) is 2.79. The predicted molar refractivity (Wildman–Crippen MR) is 132 cm³/mol. The van der Waals surface area contributed by atoms with Crippen LogP contribution in [0.4, 0.5) is 0 Å². The fourth-order valence-electron chi connectivity index (χ4n) is 4.37. The van der Waals surface area contributed by atoms with Crippen molar-refractivity contribution in [2.45, 2.75) is 45.1 Å². The lowest BCUT2D eigenvalue weighted by Gasteiger charge is -2.35. The Hall–Kier alpha value is -1.91. The molecule has 0 spiro atoms. The van der Waals surface area contributed by atoms with Gasteiger partial charge in [-0.15, -0.1) is 0 Å². The van der Waals surface area contributed by atoms with Gasteiger partial charge in [-0.05, 0) is 67.7 Å². The van der Waals surface area contributed by atoms with Gasteiger partial charge in [-0.3, -0.25) is 4.57 Å². The molecule has 6 heteroatoms. The molecule has 32 heavy (non-hydrogen) atoms. The van der Waals surface area contributed by atoms with Crippen LogP contribution in [0.25, 0.3) is 5.70 Å². The Balaban J connectivity index is 1.35. The van der Waals surface area contributed by atoms with Gasteiger partial charge in [-0.2, -0.15) is 0 Å². The number of likely N-dealkylation sites (tertiary alicyclic amines) is 1. The smallest absolute Gasteiger partial charge is 0.325 e. The second kappa shape index (κ2) is 12.4. The lowest BCUT2D eigenvalue weighted by Crippen LogP contribution is -2.32. The zero-order chi connectivity index (χ0) is 22.8. The van der Waals surface area contributed by atoms with Crippen LogP contribution in [0.1, 0.15) is 48.8 Å². The van der Waals surface area contributed by atoms with Gasteiger partial charge >= 0.3 is 7.60 Å². The maximum absolute atomic E-state index is 10.9. The van der Waals surface area contributed by atoms with Crippen LogP contribution < -0.4 is 5.32 Å². The van der Waals surface area contributed by atoms with Crippen molar-refractivity contribution in [3.63, 3.8) is 0 Å². The molecule has 1 fully saturated rings. The highest BCUT2D eigenvalue weighted by Gasteiger charge is 2.20. The van der Waals surface area contributed by atoms with Crippen LogP contribution in [-0.4, -0.2) is 40.5 Å². The summed E-state index contributed by atoms with van der Waals surface area (Å²) in [5.74, 6) is 0.821. The summed E-state index contributed by atoms with van der Waals surface area (Å²) in [5, 5.41) is 3.24. The van der Waals surface area contributed by atoms with Gasteiger partial charge in [0.25, 0.3) is 0 Å². The lowest BCUT2D eigenvalue weighted by molar-refractivity contribution is 0.243. The number of rotatable bonds is 12. The summed E-state index contributed by atoms with van der Waals surface area (Å²) in [6, 6.07) is 19.2. The van der Waals surface area contributed by atoms with E-state index in [1.807, 2.05) is 0 Å². The van der Waals surface area contributed by atoms with Crippen LogP contribution in [-0.2, 0) is 17.5 Å². The lowest BCUT2D eigenvalue weighted by atomic mass is 9.90. The van der Waals surface area contributed by atoms with Gasteiger partial charge < -0.3 is 20.0 Å². The average molecular weight is 457 g/mol. The highest BCUT2D eigenvalue weighted by Crippen LogP contribution is 2.34. The van der Waals surface area contributed by atoms with E-state index in [4.69, 9.17) is 9.79 Å². The minimum atomic E-state index is -3.89. The molecule has 5 nitrogen and oxygen atoms in total. The predicted octanol–water partition coefficient (Wildman–Crippen LogP) is 5.05. The monoisotopic (exact) mass is 456 g/mol. The standard InChI is InChI=1S/C26H37N2O3P/c1-22(26-13-11-25(12-14-26)21-27-17-6-20-32(29,30)31)28-18-15-24(16-19-28)10-5-9-23-7-3-2-4-8-23/h2-4,7-8,11-14,24,27H,1,5-6,9-10,15-21H2,(H2,29,30,31). The summed E-state index contributed by atoms with van der Waals surface area (Å²) in [7, 11) is -3.89. The summed E-state index contributed by atoms with van der Waals surface area (Å²) >= 11 is 0. The van der Waals surface area contributed by atoms with Crippen molar-refractivity contribution in [1.29, 1.82) is 0 Å². The van der Waals surface area contributed by atoms with Gasteiger partial charge in [0.05, 0.1) is 6.16 Å². The van der Waals surface area contributed by atoms with Crippen LogP contribution in [0.15, 0.2) is 61.2 Å². The number of hydrogen-bond acceptors (Lipinski definition) is 3. The van der Waals surface area contributed by atoms with Gasteiger partial charge in [0, 0.05) is 25.3 Å². The molecule has 1 aliphatic rings. The zero-order valence-corrected chi connectivity index (χ0v) is 19.9. The molecule has 3 rings (SSSR count). The van der Waals surface area contributed by atoms with Gasteiger partial charge in [-0.25, -0.2) is 0 Å². The second-order valence-electron chi connectivity index (χ2n) is 8.87. The topological polar surface area (TPSA) is 72.8 Å². The van der Waals surface area contributed by atoms with E-state index in [1.165, 1.54) is 37.7 Å². The van der Waals surface area contributed by atoms with Gasteiger partial charge in [-0.1, -0.05) is 61.2 Å². The number of nitrogens with one attached hydrogen (secondary N) is 1. The minimum absolute atomic E-state index is 0.0670. The SMILES string of the molecule is C=C(c1ccc(CNCCCP(=O)(O)O)cc1)N1CCC(CCCc2ccccc2)CC1. The molecule has 174 valence electrons. The van der Waals surface area contributed by atoms with Crippen LogP contribution in [0.5, 0.6) is 0 Å². The van der Waals surface area contributed by atoms with Gasteiger partial charge in [0.1, 0.15) is 0 Å². The fourth-order valence-corrected chi connectivity index (χ4v) is 4.94. The molecule has 0 aromatic heterocycles. The second-order valence-corrected chi connectivity index (χ2v) is 10.6. The van der Waals surface area contributed by atoms with E-state index in [2.05, 4.69) is 71.4 Å². The number of benzene rings is 2. The molecule has 1 saturated heterocycles. The Kier molecular flexibility index (Phi) is 9.55. The molecule has 1 aliphatic heterocycles. The molecule has 0 amide bonds. The van der Waals surface area contributed by atoms with Crippen LogP contribution in [0.2, 0.25) is 0 Å². The Labute approximate surface area is 192 Å². The van der Waals surface area contributed by atoms with E-state index >= 15 is 0 Å². The first kappa shape index (κ1) is 24.7. The molecular formula is C26H37N2O3P. The van der Waals surface area contributed by atoms with E-state index in [0.29, 0.717) is 19.5 Å². The van der Waals surface area contributed by atoms with E-state index in [9.17, 15) is 4.57 Å². The molecule has 0 aliphatic carbocycles. The maximum Gasteiger partial charge on any atom is 0.325 e. The van der Waals surface area contributed by atoms with E-state index in [0.717, 1.165) is 35.8 Å². The third kappa shape index (κ3) is 8.55. The maximum atomic E-state index is 10.9. The summed E-state index contributed by atoms with van der Waals surface area (Å²) in [4.78, 5) is 20.2. The summed E-state index contributed by atoms with van der Waals surface area (Å²) in [5.41, 5.74) is 4.87. The van der Waals surface area contributed by atoms with Crippen molar-refractivity contribution in [3.05, 3.63) is 77.9 Å². The molecule has 0 radical (unpaired) electrons. The van der Waals surface area contributed by atoms with Crippen molar-refractivity contribution in [3.8, 4) is 0 Å². The molecule has 0 saturated carbocycles. The molecule has 2 aromatic carbocycles. The third-order valence-electron chi connectivity index (χ3n) is 6.34. The molecule has 3 N–H and O–H groups in total. The summed E-state index contributed by atoms with van der Waals surface area (Å²) in [6.45, 7) is 7.81. The van der Waals surface area contributed by atoms with Crippen molar-refractivity contribution in [2.75, 3.05) is 25.8 Å². The molecule has 0 bridgehead atoms. The molecule has 0 unspecified atom stereocenters. The van der Waals surface area contributed by atoms with Crippen LogP contribution in [0.3, 0.4) is 0 Å². The van der Waals surface area contributed by atoms with Crippen molar-refractivity contribution in [2.24, 2.45) is 5.92 Å². The van der Waals surface area contributed by atoms with Crippen molar-refractivity contribution in [1.82, 2.24) is 10.2 Å². The fraction of sp³-hybridized carbons (Fsp3) is 0.462. The number of nitrogens with zero attached hydrogens (tertiary/aromatic N) is 1. The number of piperidine rings is 1. The first-order valence-electron chi connectivity index (χ1n) is 11.7. The van der Waals surface area contributed by atoms with Crippen molar-refractivity contribution >= 4 is 13.3 Å². The first-order chi connectivity index (χ1) is 15.4. The third-order valence-corrected chi connectivity index (χ3v) is 7.23. The molecule has 0 atom stereocenters. The van der Waals surface area contributed by atoms with Gasteiger partial charge in [0.15, 0.2) is 0 Å². The minimum Gasteiger partial charge on any atom is -0.372 e. The van der Waals surface area contributed by atoms with Gasteiger partial charge in [0.2, 0.25) is 0 Å². The number of hydrogen-bond donors (Lipinski definition) is 3. The van der Waals surface area contributed by atoms with E-state index in [-0.39, 0.29) is 6.16 Å². The van der Waals surface area contributed by atoms with Crippen LogP contribution >= 0.6 is 7.60 Å². The summed E-state index contributed by atoms with van der Waals surface area (Å²) < 4.78 is 10.9. The Morgan fingerprint density at radius 2 is 1.69 bits per heavy atom. The largest absolute Gasteiger partial charge is 0.372 e. The van der Waals surface area contributed by atoms with E-state index in [1.54, 1.807) is 0 Å². The molecule has 1 heterocycles. The zero-order valence-electron chi connectivity index (χ0n) is 19.0. The molecule has 2 aromatic rings. The normalized spacial score (nSPS) is 15.1. The van der Waals surface area contributed by atoms with Crippen molar-refractivity contribution < 1.29 is 14.4 Å². The van der Waals surface area contributed by atoms with E-state index < -0.39 is 7.60 Å². The van der Waals surface area contributed by atoms with Crippen LogP contribution in [0, 0.1) is 5.92 Å². The Morgan fingerprint density at radius 3 is 2.34 bits per heavy atom. The molecular weight excluding hydrogens is 419 g/mol. The first-order valence-corrected chi connectivity index (χ1v) is 13.5. The number of aryl methyl sites for hydroxylation is 1. The quantitative estimate of drug-likeness (QED) is 0.308. The highest BCUT2D eigenvalue weighted by molar-refractivity contribution is 7.51. The Morgan fingerprint density at radius 1 is 1.00 bits per heavy atom. The highest BCUT2D eigenvalue weighted by atomic mass is 31.2. The Bertz CT molecular complexity index is 872. The summed E-state index contributed by atoms with van der Waals surface area (Å²) in [6.07, 6.45) is 6.65.